The molecule has 1 fully saturated rings. The van der Waals surface area contributed by atoms with Crippen LogP contribution in [0.3, 0.4) is 0 Å². The molecule has 0 spiro atoms. The Morgan fingerprint density at radius 2 is 2.00 bits per heavy atom. The number of rotatable bonds is 2. The molecule has 0 saturated heterocycles. The van der Waals surface area contributed by atoms with Gasteiger partial charge in [-0.15, -0.1) is 0 Å². The fourth-order valence-electron chi connectivity index (χ4n) is 3.07. The maximum atomic E-state index is 5.49. The van der Waals surface area contributed by atoms with Crippen LogP contribution in [-0.4, -0.2) is 10.1 Å². The van der Waals surface area contributed by atoms with Crippen molar-refractivity contribution >= 4 is 0 Å². The Kier molecular flexibility index (Phi) is 2.51. The summed E-state index contributed by atoms with van der Waals surface area (Å²) >= 11 is 0. The fraction of sp³-hybridized carbons (Fsp3) is 0.500. The van der Waals surface area contributed by atoms with Gasteiger partial charge in [-0.05, 0) is 29.4 Å². The second-order valence-corrected chi connectivity index (χ2v) is 6.64. The van der Waals surface area contributed by atoms with Crippen molar-refractivity contribution in [1.82, 2.24) is 15.5 Å². The van der Waals surface area contributed by atoms with Crippen molar-refractivity contribution in [3.8, 4) is 0 Å². The van der Waals surface area contributed by atoms with Crippen molar-refractivity contribution < 1.29 is 4.52 Å². The molecule has 20 heavy (non-hydrogen) atoms. The quantitative estimate of drug-likeness (QED) is 0.910. The van der Waals surface area contributed by atoms with Gasteiger partial charge in [0.05, 0.1) is 6.04 Å². The molecule has 1 saturated carbocycles. The Morgan fingerprint density at radius 1 is 1.25 bits per heavy atom. The third-order valence-corrected chi connectivity index (χ3v) is 4.66. The van der Waals surface area contributed by atoms with Gasteiger partial charge < -0.3 is 9.84 Å². The van der Waals surface area contributed by atoms with Crippen LogP contribution >= 0.6 is 0 Å². The Morgan fingerprint density at radius 3 is 2.75 bits per heavy atom. The molecular formula is C16H19N3O. The zero-order valence-corrected chi connectivity index (χ0v) is 11.9. The topological polar surface area (TPSA) is 51.0 Å². The summed E-state index contributed by atoms with van der Waals surface area (Å²) in [5.41, 5.74) is 3.09. The molecule has 104 valence electrons. The van der Waals surface area contributed by atoms with Gasteiger partial charge in [0.1, 0.15) is 0 Å². The Labute approximate surface area is 118 Å². The number of aromatic nitrogens is 2. The highest BCUT2D eigenvalue weighted by atomic mass is 16.5. The first kappa shape index (κ1) is 12.1. The smallest absolute Gasteiger partial charge is 0.244 e. The van der Waals surface area contributed by atoms with E-state index in [1.807, 2.05) is 0 Å². The minimum Gasteiger partial charge on any atom is -0.338 e. The van der Waals surface area contributed by atoms with Gasteiger partial charge in [-0.3, -0.25) is 0 Å². The molecule has 4 heteroatoms. The third kappa shape index (κ3) is 1.95. The van der Waals surface area contributed by atoms with Gasteiger partial charge in [-0.25, -0.2) is 0 Å². The zero-order valence-electron chi connectivity index (χ0n) is 11.9. The van der Waals surface area contributed by atoms with E-state index in [1.165, 1.54) is 11.1 Å². The van der Waals surface area contributed by atoms with E-state index >= 15 is 0 Å². The number of fused-ring (bicyclic) bond motifs is 1. The van der Waals surface area contributed by atoms with Crippen molar-refractivity contribution in [3.05, 3.63) is 47.1 Å². The molecule has 1 N–H and O–H groups in total. The van der Waals surface area contributed by atoms with Crippen LogP contribution in [0, 0.1) is 5.41 Å². The number of hydrogen-bond acceptors (Lipinski definition) is 4. The molecular weight excluding hydrogens is 250 g/mol. The number of hydrogen-bond donors (Lipinski definition) is 1. The summed E-state index contributed by atoms with van der Waals surface area (Å²) in [6.07, 6.45) is 2.08. The summed E-state index contributed by atoms with van der Waals surface area (Å²) in [6.45, 7) is 5.37. The molecule has 2 heterocycles. The molecule has 1 aromatic heterocycles. The summed E-state index contributed by atoms with van der Waals surface area (Å²) < 4.78 is 5.49. The van der Waals surface area contributed by atoms with Crippen LogP contribution in [0.1, 0.15) is 55.1 Å². The molecule has 1 unspecified atom stereocenters. The molecule has 2 aromatic rings. The monoisotopic (exact) mass is 269 g/mol. The SMILES string of the molecule is CC1(C)CC1c1noc([C@@H]2Cc3ccccc3CN2)n1. The second kappa shape index (κ2) is 4.16. The molecule has 0 amide bonds. The van der Waals surface area contributed by atoms with E-state index in [0.29, 0.717) is 11.3 Å². The average molecular weight is 269 g/mol. The summed E-state index contributed by atoms with van der Waals surface area (Å²) in [5.74, 6) is 2.08. The molecule has 0 bridgehead atoms. The molecule has 1 aliphatic carbocycles. The standard InChI is InChI=1S/C16H19N3O/c1-16(2)8-12(16)14-18-15(20-19-14)13-7-10-5-3-4-6-11(10)9-17-13/h3-6,12-13,17H,7-9H2,1-2H3/t12?,13-/m0/s1. The van der Waals surface area contributed by atoms with Gasteiger partial charge in [0.2, 0.25) is 5.89 Å². The molecule has 1 aromatic carbocycles. The van der Waals surface area contributed by atoms with Crippen LogP contribution in [0.15, 0.2) is 28.8 Å². The van der Waals surface area contributed by atoms with Gasteiger partial charge >= 0.3 is 0 Å². The lowest BCUT2D eigenvalue weighted by molar-refractivity contribution is 0.318. The highest BCUT2D eigenvalue weighted by Crippen LogP contribution is 2.57. The maximum Gasteiger partial charge on any atom is 0.244 e. The van der Waals surface area contributed by atoms with E-state index in [1.54, 1.807) is 0 Å². The van der Waals surface area contributed by atoms with Crippen LogP contribution in [0.25, 0.3) is 0 Å². The molecule has 4 nitrogen and oxygen atoms in total. The lowest BCUT2D eigenvalue weighted by atomic mass is 9.96. The highest BCUT2D eigenvalue weighted by molar-refractivity contribution is 5.30. The van der Waals surface area contributed by atoms with Crippen molar-refractivity contribution in [1.29, 1.82) is 0 Å². The predicted octanol–water partition coefficient (Wildman–Crippen LogP) is 2.97. The molecule has 2 atom stereocenters. The van der Waals surface area contributed by atoms with Crippen LogP contribution in [0.5, 0.6) is 0 Å². The lowest BCUT2D eigenvalue weighted by Crippen LogP contribution is -2.28. The molecule has 0 radical (unpaired) electrons. The van der Waals surface area contributed by atoms with E-state index < -0.39 is 0 Å². The van der Waals surface area contributed by atoms with E-state index in [9.17, 15) is 0 Å². The average Bonchev–Trinajstić information content (AvgIpc) is 2.90. The predicted molar refractivity (Wildman–Crippen MR) is 75.2 cm³/mol. The van der Waals surface area contributed by atoms with Crippen molar-refractivity contribution in [3.63, 3.8) is 0 Å². The van der Waals surface area contributed by atoms with Gasteiger partial charge in [0.25, 0.3) is 0 Å². The molecule has 2 aliphatic rings. The minimum absolute atomic E-state index is 0.146. The largest absolute Gasteiger partial charge is 0.338 e. The van der Waals surface area contributed by atoms with E-state index in [0.717, 1.165) is 31.1 Å². The fourth-order valence-corrected chi connectivity index (χ4v) is 3.07. The van der Waals surface area contributed by atoms with Crippen molar-refractivity contribution in [2.75, 3.05) is 0 Å². The summed E-state index contributed by atoms with van der Waals surface area (Å²) in [6, 6.07) is 8.68. The molecule has 4 rings (SSSR count). The molecule has 1 aliphatic heterocycles. The normalized spacial score (nSPS) is 27.1. The Bertz CT molecular complexity index is 647. The summed E-state index contributed by atoms with van der Waals surface area (Å²) in [7, 11) is 0. The first-order valence-corrected chi connectivity index (χ1v) is 7.27. The third-order valence-electron chi connectivity index (χ3n) is 4.66. The Hall–Kier alpha value is -1.68. The van der Waals surface area contributed by atoms with E-state index in [-0.39, 0.29) is 6.04 Å². The van der Waals surface area contributed by atoms with Crippen LogP contribution in [0.4, 0.5) is 0 Å². The number of nitrogens with zero attached hydrogens (tertiary/aromatic N) is 2. The first-order chi connectivity index (χ1) is 9.63. The van der Waals surface area contributed by atoms with Gasteiger partial charge in [-0.2, -0.15) is 4.98 Å². The second-order valence-electron chi connectivity index (χ2n) is 6.64. The summed E-state index contributed by atoms with van der Waals surface area (Å²) in [5, 5.41) is 7.67. The summed E-state index contributed by atoms with van der Waals surface area (Å²) in [4.78, 5) is 4.62. The van der Waals surface area contributed by atoms with E-state index in [2.05, 4.69) is 53.6 Å². The van der Waals surface area contributed by atoms with Gasteiger partial charge in [0.15, 0.2) is 5.82 Å². The van der Waals surface area contributed by atoms with Crippen LogP contribution < -0.4 is 5.32 Å². The number of nitrogens with one attached hydrogen (secondary N) is 1. The van der Waals surface area contributed by atoms with Gasteiger partial charge in [0, 0.05) is 12.5 Å². The van der Waals surface area contributed by atoms with Crippen LogP contribution in [-0.2, 0) is 13.0 Å². The van der Waals surface area contributed by atoms with Crippen molar-refractivity contribution in [2.24, 2.45) is 5.41 Å². The first-order valence-electron chi connectivity index (χ1n) is 7.27. The van der Waals surface area contributed by atoms with Crippen molar-refractivity contribution in [2.45, 2.75) is 45.2 Å². The number of benzene rings is 1. The zero-order chi connectivity index (χ0) is 13.7. The highest BCUT2D eigenvalue weighted by Gasteiger charge is 2.49. The minimum atomic E-state index is 0.146. The van der Waals surface area contributed by atoms with E-state index in [4.69, 9.17) is 4.52 Å². The lowest BCUT2D eigenvalue weighted by Gasteiger charge is -2.23. The Balaban J connectivity index is 1.55. The maximum absolute atomic E-state index is 5.49. The van der Waals surface area contributed by atoms with Gasteiger partial charge in [-0.1, -0.05) is 43.3 Å². The van der Waals surface area contributed by atoms with Crippen LogP contribution in [0.2, 0.25) is 0 Å².